The van der Waals surface area contributed by atoms with E-state index in [-0.39, 0.29) is 0 Å². The summed E-state index contributed by atoms with van der Waals surface area (Å²) in [6.07, 6.45) is 7.84. The minimum Gasteiger partial charge on any atom is -0.494 e. The second kappa shape index (κ2) is 14.1. The summed E-state index contributed by atoms with van der Waals surface area (Å²) in [6.45, 7) is 4.98. The molecule has 1 nitrogen and oxygen atoms in total. The van der Waals surface area contributed by atoms with E-state index in [1.165, 1.54) is 18.4 Å². The molecule has 0 unspecified atom stereocenters. The molecule has 0 aliphatic carbocycles. The molecule has 0 aromatic heterocycles. The summed E-state index contributed by atoms with van der Waals surface area (Å²) in [5.74, 6) is 8.09. The molecular weight excluding hydrogens is 390 g/mol. The minimum absolute atomic E-state index is 0.579. The third-order valence-corrected chi connectivity index (χ3v) is 4.72. The normalized spacial score (nSPS) is 11.0. The minimum atomic E-state index is -1.16. The number of aryl methyl sites for hydroxylation is 1. The summed E-state index contributed by atoms with van der Waals surface area (Å²) >= 11 is 0. The quantitative estimate of drug-likeness (QED) is 0.301. The monoisotopic (exact) mass is 420 g/mol. The van der Waals surface area contributed by atoms with Gasteiger partial charge in [-0.1, -0.05) is 63.5 Å². The van der Waals surface area contributed by atoms with Crippen LogP contribution < -0.4 is 4.74 Å². The highest BCUT2D eigenvalue weighted by Gasteiger charge is 2.00. The molecule has 0 amide bonds. The van der Waals surface area contributed by atoms with Crippen LogP contribution in [0.4, 0.5) is 8.78 Å². The van der Waals surface area contributed by atoms with Gasteiger partial charge in [0, 0.05) is 11.1 Å². The van der Waals surface area contributed by atoms with Crippen molar-refractivity contribution in [2.75, 3.05) is 6.61 Å². The van der Waals surface area contributed by atoms with Crippen LogP contribution >= 0.6 is 0 Å². The largest absolute Gasteiger partial charge is 0.494 e. The van der Waals surface area contributed by atoms with Gasteiger partial charge in [0.2, 0.25) is 11.7 Å². The van der Waals surface area contributed by atoms with Crippen LogP contribution in [0, 0.1) is 23.7 Å². The number of halogens is 2. The lowest BCUT2D eigenvalue weighted by molar-refractivity contribution is 0.306. The van der Waals surface area contributed by atoms with E-state index in [4.69, 9.17) is 4.74 Å². The van der Waals surface area contributed by atoms with E-state index in [2.05, 4.69) is 37.5 Å². The van der Waals surface area contributed by atoms with Gasteiger partial charge in [0.15, 0.2) is 0 Å². The Morgan fingerprint density at radius 3 is 1.77 bits per heavy atom. The van der Waals surface area contributed by atoms with Crippen LogP contribution in [-0.2, 0) is 6.42 Å². The molecule has 0 aliphatic heterocycles. The molecule has 3 heteroatoms. The molecule has 0 saturated heterocycles. The second-order valence-corrected chi connectivity index (χ2v) is 7.36. The van der Waals surface area contributed by atoms with Gasteiger partial charge >= 0.3 is 0 Å². The van der Waals surface area contributed by atoms with E-state index in [0.717, 1.165) is 37.9 Å². The summed E-state index contributed by atoms with van der Waals surface area (Å²) in [5.41, 5.74) is 2.45. The molecule has 0 bridgehead atoms. The molecule has 0 spiro atoms. The fourth-order valence-electron chi connectivity index (χ4n) is 2.87. The van der Waals surface area contributed by atoms with E-state index in [0.29, 0.717) is 17.7 Å². The third-order valence-electron chi connectivity index (χ3n) is 4.72. The molecule has 2 aromatic carbocycles. The van der Waals surface area contributed by atoms with Gasteiger partial charge in [0.05, 0.1) is 6.61 Å². The fraction of sp³-hybridized carbons (Fsp3) is 0.357. The maximum Gasteiger partial charge on any atom is 0.217 e. The van der Waals surface area contributed by atoms with Crippen molar-refractivity contribution in [3.63, 3.8) is 0 Å². The van der Waals surface area contributed by atoms with Gasteiger partial charge in [-0.3, -0.25) is 0 Å². The molecule has 0 aliphatic rings. The van der Waals surface area contributed by atoms with Gasteiger partial charge in [-0.15, -0.1) is 0 Å². The van der Waals surface area contributed by atoms with Crippen molar-refractivity contribution in [3.8, 4) is 29.4 Å². The van der Waals surface area contributed by atoms with E-state index in [9.17, 15) is 8.78 Å². The lowest BCUT2D eigenvalue weighted by atomic mass is 10.1. The van der Waals surface area contributed by atoms with Gasteiger partial charge < -0.3 is 4.74 Å². The van der Waals surface area contributed by atoms with Crippen LogP contribution in [0.25, 0.3) is 0 Å². The maximum absolute atomic E-state index is 13.9. The Morgan fingerprint density at radius 2 is 1.23 bits per heavy atom. The van der Waals surface area contributed by atoms with Crippen molar-refractivity contribution in [1.82, 2.24) is 0 Å². The van der Waals surface area contributed by atoms with Gasteiger partial charge in [0.1, 0.15) is 5.75 Å². The molecule has 0 N–H and O–H groups in total. The summed E-state index contributed by atoms with van der Waals surface area (Å²) < 4.78 is 33.5. The Bertz CT molecular complexity index is 949. The zero-order valence-electron chi connectivity index (χ0n) is 18.4. The molecule has 0 saturated carbocycles. The number of rotatable bonds is 9. The predicted molar refractivity (Wildman–Crippen MR) is 124 cm³/mol. The van der Waals surface area contributed by atoms with Gasteiger partial charge in [-0.25, -0.2) is 0 Å². The van der Waals surface area contributed by atoms with Crippen molar-refractivity contribution in [3.05, 3.63) is 76.9 Å². The predicted octanol–water partition coefficient (Wildman–Crippen LogP) is 7.54. The average molecular weight is 421 g/mol. The molecule has 31 heavy (non-hydrogen) atoms. The van der Waals surface area contributed by atoms with E-state index >= 15 is 0 Å². The first-order chi connectivity index (χ1) is 15.1. The first-order valence-corrected chi connectivity index (χ1v) is 11.0. The standard InChI is InChI=1S/C28H30F2O/c1-3-5-7-9-23-10-12-24(13-11-23)16-20-27(29)28(30)21-17-25-14-18-26(19-15-25)31-22-8-6-4-2/h10-15,18-19H,3-9,22H2,1-2H3/b28-27+. The number of benzene rings is 2. The van der Waals surface area contributed by atoms with Crippen LogP contribution in [0.1, 0.15) is 69.1 Å². The SMILES string of the molecule is CCCCCOc1ccc(C#C/C(F)=C(\F)C#Cc2ccc(CCCCC)cc2)cc1. The van der Waals surface area contributed by atoms with E-state index < -0.39 is 11.7 Å². The molecule has 0 radical (unpaired) electrons. The third kappa shape index (κ3) is 9.54. The molecule has 2 aromatic rings. The van der Waals surface area contributed by atoms with Crippen LogP contribution in [-0.4, -0.2) is 6.61 Å². The number of unbranched alkanes of at least 4 members (excludes halogenated alkanes) is 4. The van der Waals surface area contributed by atoms with Gasteiger partial charge in [-0.2, -0.15) is 8.78 Å². The first kappa shape index (κ1) is 24.2. The van der Waals surface area contributed by atoms with Crippen molar-refractivity contribution >= 4 is 0 Å². The van der Waals surface area contributed by atoms with E-state index in [1.54, 1.807) is 24.3 Å². The van der Waals surface area contributed by atoms with Crippen molar-refractivity contribution < 1.29 is 13.5 Å². The van der Waals surface area contributed by atoms with Crippen molar-refractivity contribution in [2.24, 2.45) is 0 Å². The highest BCUT2D eigenvalue weighted by atomic mass is 19.2. The molecule has 0 fully saturated rings. The number of allylic oxidation sites excluding steroid dienone is 2. The Hall–Kier alpha value is -3.04. The van der Waals surface area contributed by atoms with Crippen molar-refractivity contribution in [2.45, 2.75) is 58.8 Å². The lowest BCUT2D eigenvalue weighted by Gasteiger charge is -2.05. The molecule has 0 heterocycles. The van der Waals surface area contributed by atoms with Crippen molar-refractivity contribution in [1.29, 1.82) is 0 Å². The Kier molecular flexibility index (Phi) is 11.0. The summed E-state index contributed by atoms with van der Waals surface area (Å²) in [5, 5.41) is 0. The van der Waals surface area contributed by atoms with Crippen LogP contribution in [0.15, 0.2) is 60.2 Å². The average Bonchev–Trinajstić information content (AvgIpc) is 2.80. The molecule has 2 rings (SSSR count). The number of hydrogen-bond donors (Lipinski definition) is 0. The number of hydrogen-bond acceptors (Lipinski definition) is 1. The van der Waals surface area contributed by atoms with Crippen LogP contribution in [0.2, 0.25) is 0 Å². The fourth-order valence-corrected chi connectivity index (χ4v) is 2.87. The Balaban J connectivity index is 1.93. The Morgan fingerprint density at radius 1 is 0.710 bits per heavy atom. The first-order valence-electron chi connectivity index (χ1n) is 11.0. The summed E-state index contributed by atoms with van der Waals surface area (Å²) in [7, 11) is 0. The zero-order valence-corrected chi connectivity index (χ0v) is 18.4. The van der Waals surface area contributed by atoms with Gasteiger partial charge in [-0.05, 0) is 73.1 Å². The number of ether oxygens (including phenoxy) is 1. The highest BCUT2D eigenvalue weighted by Crippen LogP contribution is 2.13. The van der Waals surface area contributed by atoms with Gasteiger partial charge in [0.25, 0.3) is 0 Å². The summed E-state index contributed by atoms with van der Waals surface area (Å²) in [6, 6.07) is 14.6. The maximum atomic E-state index is 13.9. The Labute approximate surface area is 185 Å². The van der Waals surface area contributed by atoms with Crippen LogP contribution in [0.3, 0.4) is 0 Å². The molecule has 162 valence electrons. The highest BCUT2D eigenvalue weighted by molar-refractivity contribution is 5.46. The smallest absolute Gasteiger partial charge is 0.217 e. The zero-order chi connectivity index (χ0) is 22.3. The second-order valence-electron chi connectivity index (χ2n) is 7.36. The summed E-state index contributed by atoms with van der Waals surface area (Å²) in [4.78, 5) is 0. The lowest BCUT2D eigenvalue weighted by Crippen LogP contribution is -1.96. The van der Waals surface area contributed by atoms with Crippen LogP contribution in [0.5, 0.6) is 5.75 Å². The topological polar surface area (TPSA) is 9.23 Å². The molecular formula is C28H30F2O. The molecule has 0 atom stereocenters. The van der Waals surface area contributed by atoms with E-state index in [1.807, 2.05) is 24.3 Å².